The van der Waals surface area contributed by atoms with Gasteiger partial charge in [0.1, 0.15) is 24.2 Å². The van der Waals surface area contributed by atoms with E-state index in [2.05, 4.69) is 0 Å². The number of ketones is 1. The van der Waals surface area contributed by atoms with E-state index in [0.717, 1.165) is 22.9 Å². The molecule has 1 unspecified atom stereocenters. The second kappa shape index (κ2) is 8.38. The van der Waals surface area contributed by atoms with Crippen molar-refractivity contribution in [3.8, 4) is 11.5 Å². The van der Waals surface area contributed by atoms with E-state index in [-0.39, 0.29) is 29.2 Å². The van der Waals surface area contributed by atoms with E-state index in [1.165, 1.54) is 0 Å². The summed E-state index contributed by atoms with van der Waals surface area (Å²) in [7, 11) is 1.58. The Kier molecular flexibility index (Phi) is 5.96. The number of methoxy groups -OCH3 is 1. The Morgan fingerprint density at radius 1 is 1.15 bits per heavy atom. The Bertz CT molecular complexity index is 787. The van der Waals surface area contributed by atoms with Crippen molar-refractivity contribution >= 4 is 22.7 Å². The number of benzene rings is 2. The fourth-order valence-corrected chi connectivity index (χ4v) is 3.77. The van der Waals surface area contributed by atoms with Crippen LogP contribution in [-0.4, -0.2) is 35.0 Å². The van der Waals surface area contributed by atoms with Gasteiger partial charge in [-0.25, -0.2) is 0 Å². The molecule has 1 aliphatic heterocycles. The summed E-state index contributed by atoms with van der Waals surface area (Å²) >= 11 is 1.12. The summed E-state index contributed by atoms with van der Waals surface area (Å²) in [5.74, 6) is 1.32. The highest BCUT2D eigenvalue weighted by molar-refractivity contribution is 8.15. The van der Waals surface area contributed by atoms with E-state index >= 15 is 0 Å². The Hall–Kier alpha value is -2.31. The van der Waals surface area contributed by atoms with Gasteiger partial charge in [0.2, 0.25) is 0 Å². The highest BCUT2D eigenvalue weighted by atomic mass is 32.2. The molecule has 1 aliphatic rings. The lowest BCUT2D eigenvalue weighted by Gasteiger charge is -2.14. The standard InChI is InChI=1S/C20H20O5S/c1-24-16-4-2-3-14(10-16)18(22)12-25-15-7-5-13(6-8-15)9-19-17(21)11-20(23)26-19/h2-8,10,18-19,22H,9,11-12H2,1H3/t18-,19?/m0/s1. The Labute approximate surface area is 156 Å². The summed E-state index contributed by atoms with van der Waals surface area (Å²) in [5, 5.41) is 9.92. The first-order valence-corrected chi connectivity index (χ1v) is 9.19. The average molecular weight is 372 g/mol. The van der Waals surface area contributed by atoms with Gasteiger partial charge in [-0.2, -0.15) is 0 Å². The Morgan fingerprint density at radius 2 is 1.92 bits per heavy atom. The average Bonchev–Trinajstić information content (AvgIpc) is 2.97. The van der Waals surface area contributed by atoms with Crippen molar-refractivity contribution in [2.75, 3.05) is 13.7 Å². The second-order valence-electron chi connectivity index (χ2n) is 6.07. The van der Waals surface area contributed by atoms with Crippen molar-refractivity contribution in [2.24, 2.45) is 0 Å². The number of rotatable bonds is 7. The molecule has 0 aliphatic carbocycles. The van der Waals surface area contributed by atoms with Gasteiger partial charge in [0, 0.05) is 0 Å². The fraction of sp³-hybridized carbons (Fsp3) is 0.300. The number of thioether (sulfide) groups is 1. The third kappa shape index (κ3) is 4.65. The summed E-state index contributed by atoms with van der Waals surface area (Å²) < 4.78 is 10.8. The predicted molar refractivity (Wildman–Crippen MR) is 99.6 cm³/mol. The van der Waals surface area contributed by atoms with E-state index in [1.54, 1.807) is 25.3 Å². The van der Waals surface area contributed by atoms with Gasteiger partial charge in [-0.15, -0.1) is 0 Å². The molecule has 0 amide bonds. The van der Waals surface area contributed by atoms with Crippen LogP contribution in [0.2, 0.25) is 0 Å². The van der Waals surface area contributed by atoms with Gasteiger partial charge < -0.3 is 14.6 Å². The molecule has 2 aromatic carbocycles. The van der Waals surface area contributed by atoms with Crippen molar-refractivity contribution in [1.82, 2.24) is 0 Å². The zero-order valence-electron chi connectivity index (χ0n) is 14.4. The van der Waals surface area contributed by atoms with Crippen molar-refractivity contribution < 1.29 is 24.2 Å². The molecule has 26 heavy (non-hydrogen) atoms. The van der Waals surface area contributed by atoms with E-state index in [1.807, 2.05) is 30.3 Å². The van der Waals surface area contributed by atoms with Gasteiger partial charge in [-0.05, 0) is 41.8 Å². The van der Waals surface area contributed by atoms with Crippen molar-refractivity contribution in [1.29, 1.82) is 0 Å². The molecule has 2 aromatic rings. The van der Waals surface area contributed by atoms with Crippen LogP contribution in [0.25, 0.3) is 0 Å². The largest absolute Gasteiger partial charge is 0.497 e. The van der Waals surface area contributed by atoms with Crippen LogP contribution in [-0.2, 0) is 16.0 Å². The van der Waals surface area contributed by atoms with E-state index in [0.29, 0.717) is 17.9 Å². The zero-order chi connectivity index (χ0) is 18.5. The van der Waals surface area contributed by atoms with Crippen LogP contribution in [0.5, 0.6) is 11.5 Å². The maximum atomic E-state index is 11.7. The van der Waals surface area contributed by atoms with Crippen LogP contribution in [0, 0.1) is 0 Å². The lowest BCUT2D eigenvalue weighted by atomic mass is 10.1. The summed E-state index contributed by atoms with van der Waals surface area (Å²) in [5.41, 5.74) is 1.70. The van der Waals surface area contributed by atoms with Gasteiger partial charge in [-0.3, -0.25) is 9.59 Å². The van der Waals surface area contributed by atoms with Crippen LogP contribution in [0.3, 0.4) is 0 Å². The van der Waals surface area contributed by atoms with Crippen LogP contribution in [0.15, 0.2) is 48.5 Å². The Balaban J connectivity index is 1.54. The van der Waals surface area contributed by atoms with Gasteiger partial charge in [-0.1, -0.05) is 36.0 Å². The molecule has 1 fully saturated rings. The fourth-order valence-electron chi connectivity index (χ4n) is 2.73. The number of aliphatic hydroxyl groups excluding tert-OH is 1. The molecular weight excluding hydrogens is 352 g/mol. The van der Waals surface area contributed by atoms with Crippen LogP contribution >= 0.6 is 11.8 Å². The topological polar surface area (TPSA) is 72.8 Å². The van der Waals surface area contributed by atoms with Gasteiger partial charge in [0.15, 0.2) is 10.9 Å². The Morgan fingerprint density at radius 3 is 2.58 bits per heavy atom. The minimum absolute atomic E-state index is 0.00161. The minimum Gasteiger partial charge on any atom is -0.497 e. The molecule has 0 aromatic heterocycles. The third-order valence-corrected chi connectivity index (χ3v) is 5.30. The molecule has 1 saturated heterocycles. The number of carbonyl (C=O) groups is 2. The quantitative estimate of drug-likeness (QED) is 0.754. The first-order valence-electron chi connectivity index (χ1n) is 8.31. The molecule has 3 rings (SSSR count). The molecule has 1 N–H and O–H groups in total. The van der Waals surface area contributed by atoms with Crippen LogP contribution < -0.4 is 9.47 Å². The summed E-state index contributed by atoms with van der Waals surface area (Å²) in [6.07, 6.45) is -0.177. The summed E-state index contributed by atoms with van der Waals surface area (Å²) in [6, 6.07) is 14.6. The third-order valence-electron chi connectivity index (χ3n) is 4.18. The molecule has 2 atom stereocenters. The molecule has 136 valence electrons. The van der Waals surface area contributed by atoms with Crippen LogP contribution in [0.4, 0.5) is 0 Å². The molecule has 5 nitrogen and oxygen atoms in total. The lowest BCUT2D eigenvalue weighted by molar-refractivity contribution is -0.121. The van der Waals surface area contributed by atoms with Gasteiger partial charge >= 0.3 is 0 Å². The predicted octanol–water partition coefficient (Wildman–Crippen LogP) is 2.95. The number of hydrogen-bond donors (Lipinski definition) is 1. The van der Waals surface area contributed by atoms with E-state index < -0.39 is 6.10 Å². The van der Waals surface area contributed by atoms with Crippen molar-refractivity contribution in [3.05, 3.63) is 59.7 Å². The molecule has 0 radical (unpaired) electrons. The summed E-state index contributed by atoms with van der Waals surface area (Å²) in [6.45, 7) is 0.123. The first-order chi connectivity index (χ1) is 12.5. The zero-order valence-corrected chi connectivity index (χ0v) is 15.2. The van der Waals surface area contributed by atoms with E-state index in [9.17, 15) is 14.7 Å². The van der Waals surface area contributed by atoms with Gasteiger partial charge in [0.05, 0.1) is 18.8 Å². The normalized spacial score (nSPS) is 18.0. The molecular formula is C20H20O5S. The molecule has 0 spiro atoms. The molecule has 0 saturated carbocycles. The lowest BCUT2D eigenvalue weighted by Crippen LogP contribution is -2.13. The SMILES string of the molecule is COc1cccc([C@@H](O)COc2ccc(CC3SC(=O)CC3=O)cc2)c1. The maximum Gasteiger partial charge on any atom is 0.197 e. The van der Waals surface area contributed by atoms with Gasteiger partial charge in [0.25, 0.3) is 0 Å². The number of hydrogen-bond acceptors (Lipinski definition) is 6. The number of Topliss-reactive ketones (excluding diaryl/α,β-unsaturated/α-hetero) is 1. The number of carbonyl (C=O) groups excluding carboxylic acids is 2. The second-order valence-corrected chi connectivity index (χ2v) is 7.33. The highest BCUT2D eigenvalue weighted by Crippen LogP contribution is 2.28. The molecule has 0 bridgehead atoms. The monoisotopic (exact) mass is 372 g/mol. The van der Waals surface area contributed by atoms with E-state index in [4.69, 9.17) is 9.47 Å². The number of ether oxygens (including phenoxy) is 2. The first kappa shape index (κ1) is 18.5. The minimum atomic E-state index is -0.761. The van der Waals surface area contributed by atoms with Crippen molar-refractivity contribution in [2.45, 2.75) is 24.2 Å². The smallest absolute Gasteiger partial charge is 0.197 e. The number of aliphatic hydroxyl groups is 1. The highest BCUT2D eigenvalue weighted by Gasteiger charge is 2.31. The summed E-state index contributed by atoms with van der Waals surface area (Å²) in [4.78, 5) is 23.0. The molecule has 1 heterocycles. The maximum absolute atomic E-state index is 11.7. The van der Waals surface area contributed by atoms with Crippen LogP contribution in [0.1, 0.15) is 23.7 Å². The van der Waals surface area contributed by atoms with Crippen molar-refractivity contribution in [3.63, 3.8) is 0 Å². The molecule has 6 heteroatoms.